The van der Waals surface area contributed by atoms with Gasteiger partial charge in [-0.3, -0.25) is 4.90 Å². The molecule has 1 atom stereocenters. The summed E-state index contributed by atoms with van der Waals surface area (Å²) in [5.41, 5.74) is 0.460. The van der Waals surface area contributed by atoms with Gasteiger partial charge in [-0.15, -0.1) is 0 Å². The normalized spacial score (nSPS) is 33.0. The smallest absolute Gasteiger partial charge is 0.0171 e. The van der Waals surface area contributed by atoms with Crippen LogP contribution in [0.2, 0.25) is 0 Å². The average molecular weight is 236 g/mol. The molecule has 0 aromatic heterocycles. The summed E-state index contributed by atoms with van der Waals surface area (Å²) >= 11 is 0. The van der Waals surface area contributed by atoms with Gasteiger partial charge in [0.05, 0.1) is 0 Å². The SMILES string of the molecule is CC1(C)CNCCC1N(CC1CC1)CC1CC1. The van der Waals surface area contributed by atoms with Crippen LogP contribution in [0.3, 0.4) is 0 Å². The minimum atomic E-state index is 0.460. The minimum absolute atomic E-state index is 0.460. The highest BCUT2D eigenvalue weighted by Crippen LogP contribution is 2.38. The molecule has 1 N–H and O–H groups in total. The van der Waals surface area contributed by atoms with Crippen LogP contribution in [0.1, 0.15) is 46.0 Å². The van der Waals surface area contributed by atoms with Crippen LogP contribution in [0.5, 0.6) is 0 Å². The van der Waals surface area contributed by atoms with Crippen LogP contribution in [0, 0.1) is 17.3 Å². The lowest BCUT2D eigenvalue weighted by atomic mass is 9.78. The predicted molar refractivity (Wildman–Crippen MR) is 72.1 cm³/mol. The largest absolute Gasteiger partial charge is 0.316 e. The summed E-state index contributed by atoms with van der Waals surface area (Å²) in [5.74, 6) is 2.08. The van der Waals surface area contributed by atoms with Gasteiger partial charge < -0.3 is 5.32 Å². The zero-order chi connectivity index (χ0) is 11.9. The van der Waals surface area contributed by atoms with E-state index in [2.05, 4.69) is 24.1 Å². The molecule has 1 saturated heterocycles. The lowest BCUT2D eigenvalue weighted by Gasteiger charge is -2.46. The molecule has 0 amide bonds. The van der Waals surface area contributed by atoms with E-state index in [-0.39, 0.29) is 0 Å². The van der Waals surface area contributed by atoms with E-state index in [0.29, 0.717) is 5.41 Å². The summed E-state index contributed by atoms with van der Waals surface area (Å²) in [5, 5.41) is 3.57. The van der Waals surface area contributed by atoms with Gasteiger partial charge in [0, 0.05) is 25.7 Å². The van der Waals surface area contributed by atoms with Gasteiger partial charge in [0.1, 0.15) is 0 Å². The maximum atomic E-state index is 3.57. The quantitative estimate of drug-likeness (QED) is 0.789. The van der Waals surface area contributed by atoms with Crippen molar-refractivity contribution >= 4 is 0 Å². The Balaban J connectivity index is 1.65. The van der Waals surface area contributed by atoms with Crippen molar-refractivity contribution in [2.75, 3.05) is 26.2 Å². The van der Waals surface area contributed by atoms with Gasteiger partial charge in [-0.1, -0.05) is 13.8 Å². The van der Waals surface area contributed by atoms with Crippen molar-refractivity contribution in [1.82, 2.24) is 10.2 Å². The second-order valence-corrected chi connectivity index (χ2v) is 7.31. The van der Waals surface area contributed by atoms with Crippen molar-refractivity contribution in [3.63, 3.8) is 0 Å². The molecule has 0 bridgehead atoms. The summed E-state index contributed by atoms with van der Waals surface area (Å²) < 4.78 is 0. The molecule has 2 saturated carbocycles. The highest BCUT2D eigenvalue weighted by Gasteiger charge is 2.40. The summed E-state index contributed by atoms with van der Waals surface area (Å²) in [6.07, 6.45) is 7.32. The van der Waals surface area contributed by atoms with Crippen molar-refractivity contribution in [2.45, 2.75) is 52.0 Å². The maximum Gasteiger partial charge on any atom is 0.0171 e. The first-order valence-corrected chi connectivity index (χ1v) is 7.60. The first-order valence-electron chi connectivity index (χ1n) is 7.60. The zero-order valence-corrected chi connectivity index (χ0v) is 11.5. The molecular formula is C15H28N2. The van der Waals surface area contributed by atoms with Gasteiger partial charge in [0.15, 0.2) is 0 Å². The molecule has 2 nitrogen and oxygen atoms in total. The molecule has 0 spiro atoms. The van der Waals surface area contributed by atoms with Crippen molar-refractivity contribution in [3.8, 4) is 0 Å². The fourth-order valence-electron chi connectivity index (χ4n) is 3.43. The Hall–Kier alpha value is -0.0800. The first-order chi connectivity index (χ1) is 8.15. The van der Waals surface area contributed by atoms with Crippen LogP contribution in [-0.4, -0.2) is 37.1 Å². The van der Waals surface area contributed by atoms with Gasteiger partial charge >= 0.3 is 0 Å². The Morgan fingerprint density at radius 2 is 1.59 bits per heavy atom. The summed E-state index contributed by atoms with van der Waals surface area (Å²) in [6, 6.07) is 0.824. The standard InChI is InChI=1S/C15H28N2/c1-15(2)11-16-8-7-14(15)17(9-12-3-4-12)10-13-5-6-13/h12-14,16H,3-11H2,1-2H3. The van der Waals surface area contributed by atoms with Gasteiger partial charge in [0.2, 0.25) is 0 Å². The van der Waals surface area contributed by atoms with E-state index < -0.39 is 0 Å². The third kappa shape index (κ3) is 3.03. The summed E-state index contributed by atoms with van der Waals surface area (Å²) in [7, 11) is 0. The second-order valence-electron chi connectivity index (χ2n) is 7.31. The van der Waals surface area contributed by atoms with Crippen LogP contribution < -0.4 is 5.32 Å². The fraction of sp³-hybridized carbons (Fsp3) is 1.00. The molecule has 2 heteroatoms. The van der Waals surface area contributed by atoms with E-state index in [1.54, 1.807) is 0 Å². The predicted octanol–water partition coefficient (Wildman–Crippen LogP) is 2.50. The zero-order valence-electron chi connectivity index (χ0n) is 11.5. The number of nitrogens with one attached hydrogen (secondary N) is 1. The molecule has 2 aliphatic carbocycles. The molecule has 0 radical (unpaired) electrons. The topological polar surface area (TPSA) is 15.3 Å². The van der Waals surface area contributed by atoms with Gasteiger partial charge in [-0.25, -0.2) is 0 Å². The lowest BCUT2D eigenvalue weighted by Crippen LogP contribution is -2.55. The number of hydrogen-bond acceptors (Lipinski definition) is 2. The van der Waals surface area contributed by atoms with Crippen LogP contribution in [0.15, 0.2) is 0 Å². The fourth-order valence-corrected chi connectivity index (χ4v) is 3.43. The van der Waals surface area contributed by atoms with Crippen LogP contribution in [-0.2, 0) is 0 Å². The molecule has 1 unspecified atom stereocenters. The molecule has 17 heavy (non-hydrogen) atoms. The van der Waals surface area contributed by atoms with Crippen molar-refractivity contribution in [2.24, 2.45) is 17.3 Å². The number of rotatable bonds is 5. The number of nitrogens with zero attached hydrogens (tertiary/aromatic N) is 1. The van der Waals surface area contributed by atoms with E-state index in [1.165, 1.54) is 58.3 Å². The average Bonchev–Trinajstić information content (AvgIpc) is 3.10. The van der Waals surface area contributed by atoms with Crippen LogP contribution >= 0.6 is 0 Å². The lowest BCUT2D eigenvalue weighted by molar-refractivity contribution is 0.0521. The van der Waals surface area contributed by atoms with Gasteiger partial charge in [0.25, 0.3) is 0 Å². The van der Waals surface area contributed by atoms with E-state index >= 15 is 0 Å². The molecule has 1 aliphatic heterocycles. The molecule has 3 aliphatic rings. The minimum Gasteiger partial charge on any atom is -0.316 e. The Labute approximate surface area is 106 Å². The first kappa shape index (κ1) is 12.0. The van der Waals surface area contributed by atoms with Crippen molar-refractivity contribution in [3.05, 3.63) is 0 Å². The summed E-state index contributed by atoms with van der Waals surface area (Å²) in [4.78, 5) is 2.87. The molecule has 98 valence electrons. The molecule has 1 heterocycles. The Kier molecular flexibility index (Phi) is 3.20. The van der Waals surface area contributed by atoms with Crippen LogP contribution in [0.25, 0.3) is 0 Å². The van der Waals surface area contributed by atoms with E-state index in [0.717, 1.165) is 17.9 Å². The van der Waals surface area contributed by atoms with E-state index in [9.17, 15) is 0 Å². The monoisotopic (exact) mass is 236 g/mol. The molecule has 3 rings (SSSR count). The molecule has 0 aromatic rings. The van der Waals surface area contributed by atoms with Gasteiger partial charge in [-0.2, -0.15) is 0 Å². The Morgan fingerprint density at radius 1 is 1.00 bits per heavy atom. The van der Waals surface area contributed by atoms with Crippen molar-refractivity contribution in [1.29, 1.82) is 0 Å². The molecular weight excluding hydrogens is 208 g/mol. The van der Waals surface area contributed by atoms with Crippen molar-refractivity contribution < 1.29 is 0 Å². The number of hydrogen-bond donors (Lipinski definition) is 1. The molecule has 3 fully saturated rings. The highest BCUT2D eigenvalue weighted by atomic mass is 15.2. The third-order valence-electron chi connectivity index (χ3n) is 4.90. The highest BCUT2D eigenvalue weighted by molar-refractivity contribution is 4.95. The maximum absolute atomic E-state index is 3.57. The Morgan fingerprint density at radius 3 is 2.06 bits per heavy atom. The Bertz CT molecular complexity index is 252. The summed E-state index contributed by atoms with van der Waals surface area (Å²) in [6.45, 7) is 10.1. The second kappa shape index (κ2) is 4.55. The van der Waals surface area contributed by atoms with E-state index in [1.807, 2.05) is 0 Å². The van der Waals surface area contributed by atoms with Crippen LogP contribution in [0.4, 0.5) is 0 Å². The van der Waals surface area contributed by atoms with Gasteiger partial charge in [-0.05, 0) is 55.9 Å². The molecule has 0 aromatic carbocycles. The number of piperidine rings is 1. The van der Waals surface area contributed by atoms with E-state index in [4.69, 9.17) is 0 Å². The third-order valence-corrected chi connectivity index (χ3v) is 4.90.